The zero-order valence-corrected chi connectivity index (χ0v) is 9.48. The average molecular weight is 241 g/mol. The molecule has 0 aliphatic rings. The molecule has 0 unspecified atom stereocenters. The quantitative estimate of drug-likeness (QED) is 0.661. The maximum Gasteiger partial charge on any atom is 0.335 e. The highest BCUT2D eigenvalue weighted by molar-refractivity contribution is 5.87. The fraction of sp³-hybridized carbons (Fsp3) is 0. The molecule has 0 radical (unpaired) electrons. The van der Waals surface area contributed by atoms with E-state index in [1.165, 1.54) is 12.1 Å². The molecule has 0 saturated carbocycles. The van der Waals surface area contributed by atoms with Gasteiger partial charge < -0.3 is 9.94 Å². The van der Waals surface area contributed by atoms with Crippen LogP contribution in [0, 0.1) is 0 Å². The van der Waals surface area contributed by atoms with Crippen molar-refractivity contribution in [3.05, 3.63) is 65.7 Å². The smallest absolute Gasteiger partial charge is 0.335 e. The molecule has 18 heavy (non-hydrogen) atoms. The second-order valence-electron chi connectivity index (χ2n) is 3.57. The molecule has 0 aromatic heterocycles. The molecule has 0 aliphatic heterocycles. The van der Waals surface area contributed by atoms with Gasteiger partial charge in [-0.25, -0.2) is 4.79 Å². The predicted octanol–water partition coefficient (Wildman–Crippen LogP) is 2.80. The van der Waals surface area contributed by atoms with Gasteiger partial charge >= 0.3 is 5.97 Å². The van der Waals surface area contributed by atoms with E-state index in [-0.39, 0.29) is 5.56 Å². The Kier molecular flexibility index (Phi) is 3.71. The molecular formula is C14H11NO3. The molecule has 1 N–H and O–H groups in total. The number of oxime groups is 1. The van der Waals surface area contributed by atoms with E-state index >= 15 is 0 Å². The Morgan fingerprint density at radius 2 is 1.72 bits per heavy atom. The lowest BCUT2D eigenvalue weighted by Crippen LogP contribution is -1.95. The number of carboxylic acid groups (broad SMARTS) is 1. The van der Waals surface area contributed by atoms with E-state index in [0.717, 1.165) is 5.56 Å². The maximum atomic E-state index is 10.6. The van der Waals surface area contributed by atoms with Crippen LogP contribution in [0.25, 0.3) is 0 Å². The monoisotopic (exact) mass is 241 g/mol. The van der Waals surface area contributed by atoms with Gasteiger partial charge in [-0.15, -0.1) is 0 Å². The normalized spacial score (nSPS) is 10.4. The van der Waals surface area contributed by atoms with E-state index in [1.807, 2.05) is 30.3 Å². The van der Waals surface area contributed by atoms with E-state index in [0.29, 0.717) is 5.75 Å². The number of carboxylic acids is 1. The standard InChI is InChI=1S/C14H11NO3/c16-14(17)12-6-8-13(9-7-12)18-15-10-11-4-2-1-3-5-11/h1-10H,(H,16,17)/b15-10+. The summed E-state index contributed by atoms with van der Waals surface area (Å²) >= 11 is 0. The summed E-state index contributed by atoms with van der Waals surface area (Å²) in [5.41, 5.74) is 1.15. The Labute approximate surface area is 104 Å². The van der Waals surface area contributed by atoms with Crippen LogP contribution in [0.3, 0.4) is 0 Å². The highest BCUT2D eigenvalue weighted by Gasteiger charge is 2.01. The first kappa shape index (κ1) is 11.9. The van der Waals surface area contributed by atoms with Crippen LogP contribution < -0.4 is 4.84 Å². The number of hydrogen-bond donors (Lipinski definition) is 1. The molecule has 0 bridgehead atoms. The Hall–Kier alpha value is -2.62. The molecule has 0 spiro atoms. The summed E-state index contributed by atoms with van der Waals surface area (Å²) in [7, 11) is 0. The van der Waals surface area contributed by atoms with Crippen LogP contribution in [0.4, 0.5) is 0 Å². The fourth-order valence-corrected chi connectivity index (χ4v) is 1.35. The Morgan fingerprint density at radius 3 is 2.33 bits per heavy atom. The van der Waals surface area contributed by atoms with Crippen LogP contribution >= 0.6 is 0 Å². The van der Waals surface area contributed by atoms with Gasteiger partial charge in [0.05, 0.1) is 11.8 Å². The van der Waals surface area contributed by atoms with Gasteiger partial charge in [-0.1, -0.05) is 35.5 Å². The van der Waals surface area contributed by atoms with Crippen molar-refractivity contribution in [2.45, 2.75) is 0 Å². The predicted molar refractivity (Wildman–Crippen MR) is 68.1 cm³/mol. The lowest BCUT2D eigenvalue weighted by atomic mass is 10.2. The van der Waals surface area contributed by atoms with Crippen molar-refractivity contribution in [2.24, 2.45) is 5.16 Å². The third-order valence-electron chi connectivity index (χ3n) is 2.26. The molecular weight excluding hydrogens is 230 g/mol. The first-order valence-corrected chi connectivity index (χ1v) is 5.34. The largest absolute Gasteiger partial charge is 0.478 e. The van der Waals surface area contributed by atoms with Crippen LogP contribution in [-0.2, 0) is 0 Å². The molecule has 4 heteroatoms. The molecule has 90 valence electrons. The molecule has 0 atom stereocenters. The molecule has 2 rings (SSSR count). The van der Waals surface area contributed by atoms with Crippen LogP contribution in [0.2, 0.25) is 0 Å². The second kappa shape index (κ2) is 5.63. The van der Waals surface area contributed by atoms with Gasteiger partial charge in [0, 0.05) is 0 Å². The van der Waals surface area contributed by atoms with Gasteiger partial charge in [0.15, 0.2) is 5.75 Å². The molecule has 4 nitrogen and oxygen atoms in total. The molecule has 0 amide bonds. The number of rotatable bonds is 4. The number of hydrogen-bond acceptors (Lipinski definition) is 3. The van der Waals surface area contributed by atoms with Crippen molar-refractivity contribution >= 4 is 12.2 Å². The van der Waals surface area contributed by atoms with Crippen molar-refractivity contribution < 1.29 is 14.7 Å². The summed E-state index contributed by atoms with van der Waals surface area (Å²) in [6.45, 7) is 0. The first-order valence-electron chi connectivity index (χ1n) is 5.34. The van der Waals surface area contributed by atoms with Crippen molar-refractivity contribution in [3.8, 4) is 5.75 Å². The minimum Gasteiger partial charge on any atom is -0.478 e. The topological polar surface area (TPSA) is 58.9 Å². The summed E-state index contributed by atoms with van der Waals surface area (Å²) in [4.78, 5) is 15.8. The molecule has 2 aromatic carbocycles. The fourth-order valence-electron chi connectivity index (χ4n) is 1.35. The molecule has 0 aliphatic carbocycles. The molecule has 0 fully saturated rings. The van der Waals surface area contributed by atoms with E-state index in [4.69, 9.17) is 9.94 Å². The van der Waals surface area contributed by atoms with Crippen molar-refractivity contribution in [2.75, 3.05) is 0 Å². The van der Waals surface area contributed by atoms with Crippen LogP contribution in [0.1, 0.15) is 15.9 Å². The zero-order chi connectivity index (χ0) is 12.8. The second-order valence-corrected chi connectivity index (χ2v) is 3.57. The Balaban J connectivity index is 1.98. The molecule has 0 saturated heterocycles. The summed E-state index contributed by atoms with van der Waals surface area (Å²) in [6, 6.07) is 15.6. The number of benzene rings is 2. The van der Waals surface area contributed by atoms with Gasteiger partial charge in [-0.05, 0) is 29.8 Å². The van der Waals surface area contributed by atoms with Gasteiger partial charge in [0.1, 0.15) is 0 Å². The van der Waals surface area contributed by atoms with Crippen molar-refractivity contribution in [1.82, 2.24) is 0 Å². The van der Waals surface area contributed by atoms with Crippen LogP contribution in [0.5, 0.6) is 5.75 Å². The summed E-state index contributed by atoms with van der Waals surface area (Å²) < 4.78 is 0. The van der Waals surface area contributed by atoms with Crippen LogP contribution in [-0.4, -0.2) is 17.3 Å². The number of nitrogens with zero attached hydrogens (tertiary/aromatic N) is 1. The minimum atomic E-state index is -0.964. The third kappa shape index (κ3) is 3.18. The molecule has 2 aromatic rings. The lowest BCUT2D eigenvalue weighted by molar-refractivity contribution is 0.0697. The number of carbonyl (C=O) groups is 1. The summed E-state index contributed by atoms with van der Waals surface area (Å²) in [6.07, 6.45) is 1.59. The highest BCUT2D eigenvalue weighted by Crippen LogP contribution is 2.12. The third-order valence-corrected chi connectivity index (χ3v) is 2.26. The highest BCUT2D eigenvalue weighted by atomic mass is 16.6. The average Bonchev–Trinajstić information content (AvgIpc) is 2.40. The Morgan fingerprint density at radius 1 is 1.06 bits per heavy atom. The summed E-state index contributed by atoms with van der Waals surface area (Å²) in [5, 5.41) is 12.5. The van der Waals surface area contributed by atoms with E-state index in [1.54, 1.807) is 18.3 Å². The SMILES string of the molecule is O=C(O)c1ccc(O/N=C/c2ccccc2)cc1. The first-order chi connectivity index (χ1) is 8.75. The van der Waals surface area contributed by atoms with Gasteiger partial charge in [0.25, 0.3) is 0 Å². The van der Waals surface area contributed by atoms with Crippen molar-refractivity contribution in [3.63, 3.8) is 0 Å². The maximum absolute atomic E-state index is 10.6. The van der Waals surface area contributed by atoms with Crippen LogP contribution in [0.15, 0.2) is 59.8 Å². The number of aromatic carboxylic acids is 1. The van der Waals surface area contributed by atoms with Gasteiger partial charge in [-0.3, -0.25) is 0 Å². The lowest BCUT2D eigenvalue weighted by Gasteiger charge is -1.98. The summed E-state index contributed by atoms with van der Waals surface area (Å²) in [5.74, 6) is -0.471. The minimum absolute atomic E-state index is 0.217. The van der Waals surface area contributed by atoms with Gasteiger partial charge in [0.2, 0.25) is 0 Å². The van der Waals surface area contributed by atoms with E-state index in [2.05, 4.69) is 5.16 Å². The van der Waals surface area contributed by atoms with Gasteiger partial charge in [-0.2, -0.15) is 0 Å². The van der Waals surface area contributed by atoms with E-state index in [9.17, 15) is 4.79 Å². The molecule has 0 heterocycles. The van der Waals surface area contributed by atoms with E-state index < -0.39 is 5.97 Å². The Bertz CT molecular complexity index is 547. The zero-order valence-electron chi connectivity index (χ0n) is 9.48. The van der Waals surface area contributed by atoms with Crippen molar-refractivity contribution in [1.29, 1.82) is 0 Å².